The van der Waals surface area contributed by atoms with Gasteiger partial charge < -0.3 is 10.1 Å². The summed E-state index contributed by atoms with van der Waals surface area (Å²) in [5.41, 5.74) is 0.930. The number of nitrogens with one attached hydrogen (secondary N) is 1. The minimum atomic E-state index is -0.322. The number of ether oxygens (including phenoxy) is 1. The zero-order chi connectivity index (χ0) is 15.4. The van der Waals surface area contributed by atoms with Gasteiger partial charge in [-0.1, -0.05) is 37.3 Å². The molecule has 3 unspecified atom stereocenters. The average Bonchev–Trinajstić information content (AvgIpc) is 3.15. The molecule has 1 fully saturated rings. The Balaban J connectivity index is 2.03. The topological polar surface area (TPSA) is 55.4 Å². The summed E-state index contributed by atoms with van der Waals surface area (Å²) in [5.74, 6) is 0.290. The lowest BCUT2D eigenvalue weighted by Crippen LogP contribution is -2.32. The van der Waals surface area contributed by atoms with Crippen LogP contribution in [0.4, 0.5) is 0 Å². The normalized spacial score (nSPS) is 21.7. The van der Waals surface area contributed by atoms with Gasteiger partial charge in [0.1, 0.15) is 0 Å². The predicted octanol–water partition coefficient (Wildman–Crippen LogP) is 2.84. The van der Waals surface area contributed by atoms with Gasteiger partial charge in [-0.3, -0.25) is 9.59 Å². The second-order valence-electron chi connectivity index (χ2n) is 6.03. The summed E-state index contributed by atoms with van der Waals surface area (Å²) >= 11 is 0. The van der Waals surface area contributed by atoms with E-state index < -0.39 is 0 Å². The third-order valence-electron chi connectivity index (χ3n) is 3.70. The summed E-state index contributed by atoms with van der Waals surface area (Å²) in [6.45, 7) is 5.70. The molecule has 2 rings (SSSR count). The quantitative estimate of drug-likeness (QED) is 0.819. The molecule has 0 radical (unpaired) electrons. The molecule has 0 spiro atoms. The molecule has 4 heteroatoms. The molecule has 1 amide bonds. The van der Waals surface area contributed by atoms with E-state index in [2.05, 4.69) is 12.2 Å². The van der Waals surface area contributed by atoms with Gasteiger partial charge in [-0.2, -0.15) is 0 Å². The van der Waals surface area contributed by atoms with Crippen molar-refractivity contribution in [1.82, 2.24) is 5.32 Å². The van der Waals surface area contributed by atoms with Gasteiger partial charge in [0.2, 0.25) is 5.91 Å². The molecular weight excluding hydrogens is 266 g/mol. The number of carbonyl (C=O) groups excluding carboxylic acids is 2. The zero-order valence-corrected chi connectivity index (χ0v) is 12.8. The van der Waals surface area contributed by atoms with Crippen molar-refractivity contribution >= 4 is 11.9 Å². The van der Waals surface area contributed by atoms with E-state index in [9.17, 15) is 9.59 Å². The monoisotopic (exact) mass is 289 g/mol. The van der Waals surface area contributed by atoms with Crippen molar-refractivity contribution in [3.63, 3.8) is 0 Å². The highest BCUT2D eigenvalue weighted by Crippen LogP contribution is 2.38. The number of esters is 1. The lowest BCUT2D eigenvalue weighted by molar-refractivity contribution is -0.148. The molecule has 0 heterocycles. The molecule has 21 heavy (non-hydrogen) atoms. The second-order valence-corrected chi connectivity index (χ2v) is 6.03. The Morgan fingerprint density at radius 3 is 2.43 bits per heavy atom. The Bertz CT molecular complexity index is 498. The smallest absolute Gasteiger partial charge is 0.308 e. The molecule has 0 aromatic heterocycles. The Hall–Kier alpha value is -1.84. The Morgan fingerprint density at radius 1 is 1.29 bits per heavy atom. The van der Waals surface area contributed by atoms with E-state index >= 15 is 0 Å². The minimum Gasteiger partial charge on any atom is -0.463 e. The Morgan fingerprint density at radius 2 is 1.90 bits per heavy atom. The van der Waals surface area contributed by atoms with Crippen molar-refractivity contribution < 1.29 is 14.3 Å². The second kappa shape index (κ2) is 6.74. The maximum atomic E-state index is 12.1. The fourth-order valence-corrected chi connectivity index (χ4v) is 2.38. The van der Waals surface area contributed by atoms with E-state index in [1.807, 2.05) is 44.2 Å². The van der Waals surface area contributed by atoms with Crippen LogP contribution in [0.3, 0.4) is 0 Å². The minimum absolute atomic E-state index is 0.0358. The van der Waals surface area contributed by atoms with Gasteiger partial charge in [-0.15, -0.1) is 0 Å². The van der Waals surface area contributed by atoms with Crippen molar-refractivity contribution in [2.24, 2.45) is 11.8 Å². The average molecular weight is 289 g/mol. The van der Waals surface area contributed by atoms with Crippen LogP contribution in [0.5, 0.6) is 0 Å². The summed E-state index contributed by atoms with van der Waals surface area (Å²) in [6.07, 6.45) is 0.951. The van der Waals surface area contributed by atoms with Crippen LogP contribution in [0.15, 0.2) is 30.3 Å². The van der Waals surface area contributed by atoms with E-state index in [0.29, 0.717) is 5.92 Å². The van der Waals surface area contributed by atoms with E-state index in [0.717, 1.165) is 12.0 Å². The summed E-state index contributed by atoms with van der Waals surface area (Å²) in [7, 11) is 0. The first-order valence-corrected chi connectivity index (χ1v) is 7.52. The largest absolute Gasteiger partial charge is 0.463 e. The first-order valence-electron chi connectivity index (χ1n) is 7.52. The molecule has 4 nitrogen and oxygen atoms in total. The van der Waals surface area contributed by atoms with E-state index in [1.54, 1.807) is 0 Å². The molecule has 0 aliphatic heterocycles. The van der Waals surface area contributed by atoms with E-state index in [1.165, 1.54) is 0 Å². The maximum absolute atomic E-state index is 12.1. The maximum Gasteiger partial charge on any atom is 0.308 e. The summed E-state index contributed by atoms with van der Waals surface area (Å²) in [6, 6.07) is 9.24. The van der Waals surface area contributed by atoms with Crippen molar-refractivity contribution in [3.05, 3.63) is 35.9 Å². The molecule has 3 atom stereocenters. The van der Waals surface area contributed by atoms with Gasteiger partial charge in [-0.05, 0) is 31.7 Å². The van der Waals surface area contributed by atoms with Crippen LogP contribution < -0.4 is 5.32 Å². The number of amides is 1. The van der Waals surface area contributed by atoms with Crippen molar-refractivity contribution in [2.75, 3.05) is 0 Å². The van der Waals surface area contributed by atoms with Crippen LogP contribution in [0.1, 0.15) is 45.2 Å². The highest BCUT2D eigenvalue weighted by Gasteiger charge is 2.40. The molecule has 1 aromatic rings. The summed E-state index contributed by atoms with van der Waals surface area (Å²) in [4.78, 5) is 24.0. The Labute approximate surface area is 125 Å². The van der Waals surface area contributed by atoms with Crippen molar-refractivity contribution in [1.29, 1.82) is 0 Å². The summed E-state index contributed by atoms with van der Waals surface area (Å²) < 4.78 is 5.19. The summed E-state index contributed by atoms with van der Waals surface area (Å²) in [5, 5.41) is 2.99. The van der Waals surface area contributed by atoms with Gasteiger partial charge in [-0.25, -0.2) is 0 Å². The molecular formula is C17H23NO3. The third-order valence-corrected chi connectivity index (χ3v) is 3.70. The SMILES string of the molecule is CC(C)OC(=O)CC(NC(=O)C1CC1C)c1ccccc1. The standard InChI is InChI=1S/C17H23NO3/c1-11(2)21-16(19)10-15(13-7-5-4-6-8-13)18-17(20)14-9-12(14)3/h4-8,11-12,14-15H,9-10H2,1-3H3,(H,18,20). The van der Waals surface area contributed by atoms with Gasteiger partial charge in [0.15, 0.2) is 0 Å². The van der Waals surface area contributed by atoms with Gasteiger partial charge in [0, 0.05) is 5.92 Å². The first-order chi connectivity index (χ1) is 9.97. The fraction of sp³-hybridized carbons (Fsp3) is 0.529. The lowest BCUT2D eigenvalue weighted by atomic mass is 10.0. The van der Waals surface area contributed by atoms with E-state index in [-0.39, 0.29) is 36.4 Å². The zero-order valence-electron chi connectivity index (χ0n) is 12.8. The predicted molar refractivity (Wildman–Crippen MR) is 80.4 cm³/mol. The van der Waals surface area contributed by atoms with Crippen LogP contribution in [0, 0.1) is 11.8 Å². The molecule has 1 N–H and O–H groups in total. The number of hydrogen-bond donors (Lipinski definition) is 1. The van der Waals surface area contributed by atoms with Crippen molar-refractivity contribution in [3.8, 4) is 0 Å². The van der Waals surface area contributed by atoms with Crippen LogP contribution in [-0.4, -0.2) is 18.0 Å². The van der Waals surface area contributed by atoms with Crippen LogP contribution >= 0.6 is 0 Å². The lowest BCUT2D eigenvalue weighted by Gasteiger charge is -2.19. The van der Waals surface area contributed by atoms with Crippen LogP contribution in [-0.2, 0) is 14.3 Å². The first kappa shape index (κ1) is 15.5. The van der Waals surface area contributed by atoms with Gasteiger partial charge in [0.05, 0.1) is 18.6 Å². The molecule has 1 aromatic carbocycles. The number of carbonyl (C=O) groups is 2. The molecule has 1 aliphatic carbocycles. The molecule has 1 saturated carbocycles. The number of benzene rings is 1. The van der Waals surface area contributed by atoms with Crippen LogP contribution in [0.2, 0.25) is 0 Å². The Kier molecular flexibility index (Phi) is 4.99. The van der Waals surface area contributed by atoms with Gasteiger partial charge in [0.25, 0.3) is 0 Å². The molecule has 1 aliphatic rings. The van der Waals surface area contributed by atoms with Gasteiger partial charge >= 0.3 is 5.97 Å². The number of hydrogen-bond acceptors (Lipinski definition) is 3. The van der Waals surface area contributed by atoms with E-state index in [4.69, 9.17) is 4.74 Å². The molecule has 0 bridgehead atoms. The van der Waals surface area contributed by atoms with Crippen molar-refractivity contribution in [2.45, 2.75) is 45.8 Å². The molecule has 0 saturated heterocycles. The fourth-order valence-electron chi connectivity index (χ4n) is 2.38. The third kappa shape index (κ3) is 4.59. The highest BCUT2D eigenvalue weighted by molar-refractivity contribution is 5.82. The highest BCUT2D eigenvalue weighted by atomic mass is 16.5. The molecule has 114 valence electrons. The number of rotatable bonds is 6. The van der Waals surface area contributed by atoms with Crippen LogP contribution in [0.25, 0.3) is 0 Å².